The summed E-state index contributed by atoms with van der Waals surface area (Å²) >= 11 is 0. The number of nitrogens with two attached hydrogens (primary N) is 1. The van der Waals surface area contributed by atoms with E-state index in [-0.39, 0.29) is 5.91 Å². The Morgan fingerprint density at radius 1 is 1.17 bits per heavy atom. The molecule has 2 fully saturated rings. The number of aliphatic hydroxyl groups excluding tert-OH is 1. The van der Waals surface area contributed by atoms with Gasteiger partial charge in [-0.2, -0.15) is 0 Å². The van der Waals surface area contributed by atoms with Crippen LogP contribution in [0.4, 0.5) is 0 Å². The van der Waals surface area contributed by atoms with Crippen LogP contribution < -0.4 is 5.73 Å². The van der Waals surface area contributed by atoms with Crippen molar-refractivity contribution in [3.63, 3.8) is 0 Å². The van der Waals surface area contributed by atoms with Crippen LogP contribution >= 0.6 is 0 Å². The van der Waals surface area contributed by atoms with E-state index in [0.717, 1.165) is 50.3 Å². The van der Waals surface area contributed by atoms with Crippen molar-refractivity contribution in [2.24, 2.45) is 22.6 Å². The number of likely N-dealkylation sites (tertiary alicyclic amines) is 1. The lowest BCUT2D eigenvalue weighted by atomic mass is 9.78. The lowest BCUT2D eigenvalue weighted by Gasteiger charge is -2.35. The van der Waals surface area contributed by atoms with Gasteiger partial charge in [0.25, 0.3) is 5.91 Å². The number of amides is 1. The van der Waals surface area contributed by atoms with Crippen LogP contribution in [0.1, 0.15) is 68.1 Å². The molecule has 3 N–H and O–H groups in total. The molecule has 2 aliphatic heterocycles. The number of aliphatic imine (C=N–C) groups is 1. The summed E-state index contributed by atoms with van der Waals surface area (Å²) in [4.78, 5) is 21.3. The van der Waals surface area contributed by atoms with Crippen molar-refractivity contribution in [2.45, 2.75) is 69.6 Å². The maximum Gasteiger partial charge on any atom is 0.253 e. The van der Waals surface area contributed by atoms with Gasteiger partial charge in [0.05, 0.1) is 0 Å². The van der Waals surface area contributed by atoms with Crippen LogP contribution in [-0.4, -0.2) is 58.7 Å². The van der Waals surface area contributed by atoms with E-state index in [1.807, 2.05) is 42.3 Å². The molecule has 6 nitrogen and oxygen atoms in total. The standard InChI is InChI=1S/C24H36N4O2/c1-27-22(30)24(26-23(27)25,14-12-18-8-4-2-5-9-18)16-19-13-15-28(17-19)21(29)20-10-6-3-7-11-20/h3,6-7,10-11,18-19,22,30H,2,4-5,8-9,12-17H2,1H3,(H2,25,26)/t19-,22?,24+/m1/s1. The molecule has 2 heterocycles. The van der Waals surface area contributed by atoms with Gasteiger partial charge in [0.1, 0.15) is 5.54 Å². The van der Waals surface area contributed by atoms with Crippen molar-refractivity contribution >= 4 is 11.9 Å². The fourth-order valence-electron chi connectivity index (χ4n) is 5.67. The molecule has 3 atom stereocenters. The first-order valence-corrected chi connectivity index (χ1v) is 11.6. The molecule has 1 aliphatic carbocycles. The minimum Gasteiger partial charge on any atom is -0.371 e. The average molecular weight is 413 g/mol. The molecule has 0 spiro atoms. The van der Waals surface area contributed by atoms with E-state index in [1.165, 1.54) is 32.1 Å². The second-order valence-electron chi connectivity index (χ2n) is 9.58. The van der Waals surface area contributed by atoms with Crippen LogP contribution in [0, 0.1) is 11.8 Å². The monoisotopic (exact) mass is 412 g/mol. The Kier molecular flexibility index (Phi) is 6.32. The number of carbonyl (C=O) groups is 1. The van der Waals surface area contributed by atoms with Crippen LogP contribution in [0.2, 0.25) is 0 Å². The Balaban J connectivity index is 1.43. The highest BCUT2D eigenvalue weighted by atomic mass is 16.3. The molecule has 30 heavy (non-hydrogen) atoms. The zero-order valence-electron chi connectivity index (χ0n) is 18.2. The molecule has 1 amide bonds. The fourth-order valence-corrected chi connectivity index (χ4v) is 5.67. The van der Waals surface area contributed by atoms with Crippen LogP contribution in [-0.2, 0) is 0 Å². The molecule has 1 unspecified atom stereocenters. The predicted molar refractivity (Wildman–Crippen MR) is 119 cm³/mol. The van der Waals surface area contributed by atoms with E-state index < -0.39 is 11.8 Å². The topological polar surface area (TPSA) is 82.2 Å². The van der Waals surface area contributed by atoms with Crippen LogP contribution in [0.5, 0.6) is 0 Å². The molecular weight excluding hydrogens is 376 g/mol. The van der Waals surface area contributed by atoms with Gasteiger partial charge in [-0.25, -0.2) is 4.99 Å². The second kappa shape index (κ2) is 8.96. The van der Waals surface area contributed by atoms with Gasteiger partial charge >= 0.3 is 0 Å². The Labute approximate surface area is 180 Å². The van der Waals surface area contributed by atoms with E-state index in [4.69, 9.17) is 10.7 Å². The predicted octanol–water partition coefficient (Wildman–Crippen LogP) is 3.22. The van der Waals surface area contributed by atoms with Gasteiger partial charge in [0.15, 0.2) is 12.2 Å². The Morgan fingerprint density at radius 3 is 2.57 bits per heavy atom. The summed E-state index contributed by atoms with van der Waals surface area (Å²) in [6.07, 6.45) is 9.61. The summed E-state index contributed by atoms with van der Waals surface area (Å²) in [7, 11) is 1.83. The van der Waals surface area contributed by atoms with Crippen molar-refractivity contribution in [2.75, 3.05) is 20.1 Å². The number of hydrogen-bond donors (Lipinski definition) is 2. The molecule has 164 valence electrons. The van der Waals surface area contributed by atoms with Gasteiger partial charge in [-0.15, -0.1) is 0 Å². The lowest BCUT2D eigenvalue weighted by molar-refractivity contribution is -0.000410. The van der Waals surface area contributed by atoms with Gasteiger partial charge in [-0.05, 0) is 49.7 Å². The molecule has 0 aromatic heterocycles. The number of rotatable bonds is 6. The van der Waals surface area contributed by atoms with Crippen LogP contribution in [0.15, 0.2) is 35.3 Å². The van der Waals surface area contributed by atoms with Crippen molar-refractivity contribution in [1.29, 1.82) is 0 Å². The molecule has 1 aromatic rings. The molecular formula is C24H36N4O2. The third-order valence-electron chi connectivity index (χ3n) is 7.49. The third-order valence-corrected chi connectivity index (χ3v) is 7.49. The fraction of sp³-hybridized carbons (Fsp3) is 0.667. The Bertz CT molecular complexity index is 762. The van der Waals surface area contributed by atoms with Gasteiger partial charge in [0, 0.05) is 25.7 Å². The molecule has 1 aromatic carbocycles. The number of nitrogens with zero attached hydrogens (tertiary/aromatic N) is 3. The lowest BCUT2D eigenvalue weighted by Crippen LogP contribution is -2.47. The van der Waals surface area contributed by atoms with Crippen molar-refractivity contribution in [3.05, 3.63) is 35.9 Å². The number of benzene rings is 1. The summed E-state index contributed by atoms with van der Waals surface area (Å²) < 4.78 is 0. The molecule has 6 heteroatoms. The number of aliphatic hydroxyl groups is 1. The summed E-state index contributed by atoms with van der Waals surface area (Å²) in [5.41, 5.74) is 6.32. The number of guanidine groups is 1. The highest BCUT2D eigenvalue weighted by Crippen LogP contribution is 2.41. The molecule has 4 rings (SSSR count). The maximum atomic E-state index is 12.8. The SMILES string of the molecule is CN1C(N)=N[C@@](CCC2CCCCC2)(C[C@H]2CCN(C(=O)c3ccccc3)C2)C1O. The summed E-state index contributed by atoms with van der Waals surface area (Å²) in [5, 5.41) is 11.1. The Hall–Kier alpha value is -2.08. The van der Waals surface area contributed by atoms with E-state index >= 15 is 0 Å². The van der Waals surface area contributed by atoms with Crippen LogP contribution in [0.3, 0.4) is 0 Å². The van der Waals surface area contributed by atoms with Gasteiger partial charge < -0.3 is 20.6 Å². The second-order valence-corrected chi connectivity index (χ2v) is 9.58. The van der Waals surface area contributed by atoms with Gasteiger partial charge in [-0.3, -0.25) is 4.79 Å². The summed E-state index contributed by atoms with van der Waals surface area (Å²) in [6.45, 7) is 1.49. The van der Waals surface area contributed by atoms with E-state index in [2.05, 4.69) is 0 Å². The number of hydrogen-bond acceptors (Lipinski definition) is 5. The third kappa shape index (κ3) is 4.34. The highest BCUT2D eigenvalue weighted by molar-refractivity contribution is 5.94. The quantitative estimate of drug-likeness (QED) is 0.752. The minimum atomic E-state index is -0.681. The molecule has 1 saturated heterocycles. The summed E-state index contributed by atoms with van der Waals surface area (Å²) in [6, 6.07) is 9.50. The molecule has 0 radical (unpaired) electrons. The van der Waals surface area contributed by atoms with E-state index in [1.54, 1.807) is 4.90 Å². The zero-order valence-corrected chi connectivity index (χ0v) is 18.2. The first-order chi connectivity index (χ1) is 14.5. The van der Waals surface area contributed by atoms with Gasteiger partial charge in [0.2, 0.25) is 0 Å². The zero-order chi connectivity index (χ0) is 21.1. The van der Waals surface area contributed by atoms with Crippen molar-refractivity contribution < 1.29 is 9.90 Å². The largest absolute Gasteiger partial charge is 0.371 e. The van der Waals surface area contributed by atoms with E-state index in [9.17, 15) is 9.90 Å². The normalized spacial score (nSPS) is 30.0. The molecule has 0 bridgehead atoms. The number of carbonyl (C=O) groups excluding carboxylic acids is 1. The maximum absolute atomic E-state index is 12.8. The van der Waals surface area contributed by atoms with Crippen LogP contribution in [0.25, 0.3) is 0 Å². The van der Waals surface area contributed by atoms with Crippen molar-refractivity contribution in [1.82, 2.24) is 9.80 Å². The summed E-state index contributed by atoms with van der Waals surface area (Å²) in [5.74, 6) is 1.61. The molecule has 3 aliphatic rings. The van der Waals surface area contributed by atoms with Crippen molar-refractivity contribution in [3.8, 4) is 0 Å². The number of likely N-dealkylation sites (N-methyl/N-ethyl adjacent to an activating group) is 1. The average Bonchev–Trinajstić information content (AvgIpc) is 3.32. The van der Waals surface area contributed by atoms with E-state index in [0.29, 0.717) is 11.9 Å². The Morgan fingerprint density at radius 2 is 1.90 bits per heavy atom. The first-order valence-electron chi connectivity index (χ1n) is 11.6. The highest BCUT2D eigenvalue weighted by Gasteiger charge is 2.48. The minimum absolute atomic E-state index is 0.0986. The molecule has 1 saturated carbocycles. The smallest absolute Gasteiger partial charge is 0.253 e. The van der Waals surface area contributed by atoms with Gasteiger partial charge in [-0.1, -0.05) is 50.3 Å². The first kappa shape index (κ1) is 21.2.